The number of nitrogens with zero attached hydrogens (tertiary/aromatic N) is 1. The molecule has 9 heteroatoms. The van der Waals surface area contributed by atoms with E-state index in [2.05, 4.69) is 33.0 Å². The Balaban J connectivity index is 1.19. The molecule has 1 aromatic heterocycles. The first-order valence-corrected chi connectivity index (χ1v) is 12.2. The minimum Gasteiger partial charge on any atom is -0.350 e. The van der Waals surface area contributed by atoms with Gasteiger partial charge in [0.25, 0.3) is 5.91 Å². The van der Waals surface area contributed by atoms with Crippen molar-refractivity contribution >= 4 is 23.2 Å². The van der Waals surface area contributed by atoms with E-state index in [1.807, 2.05) is 11.3 Å². The Morgan fingerprint density at radius 1 is 1.06 bits per heavy atom. The van der Waals surface area contributed by atoms with Gasteiger partial charge in [-0.3, -0.25) is 14.5 Å². The van der Waals surface area contributed by atoms with Crippen LogP contribution in [0.5, 0.6) is 0 Å². The minimum atomic E-state index is -4.52. The molecule has 0 bridgehead atoms. The Bertz CT molecular complexity index is 956. The Labute approximate surface area is 195 Å². The Kier molecular flexibility index (Phi) is 7.38. The summed E-state index contributed by atoms with van der Waals surface area (Å²) < 4.78 is 38.5. The zero-order valence-electron chi connectivity index (χ0n) is 18.2. The van der Waals surface area contributed by atoms with E-state index in [9.17, 15) is 22.8 Å². The summed E-state index contributed by atoms with van der Waals surface area (Å²) in [5, 5.41) is 7.50. The number of amides is 2. The SMILES string of the molecule is O=C(CNC(=O)c1cccc(C(F)(F)F)c1)NC1CCN(C2CCC(c3cccs3)CC2)C1. The van der Waals surface area contributed by atoms with Gasteiger partial charge < -0.3 is 10.6 Å². The highest BCUT2D eigenvalue weighted by atomic mass is 32.1. The number of likely N-dealkylation sites (tertiary alicyclic amines) is 1. The van der Waals surface area contributed by atoms with E-state index in [0.717, 1.165) is 44.5 Å². The van der Waals surface area contributed by atoms with Crippen LogP contribution in [0.1, 0.15) is 58.8 Å². The predicted molar refractivity (Wildman–Crippen MR) is 121 cm³/mol. The van der Waals surface area contributed by atoms with Gasteiger partial charge in [0.05, 0.1) is 12.1 Å². The quantitative estimate of drug-likeness (QED) is 0.645. The average Bonchev–Trinajstić information content (AvgIpc) is 3.50. The smallest absolute Gasteiger partial charge is 0.350 e. The van der Waals surface area contributed by atoms with Crippen LogP contribution in [-0.4, -0.2) is 48.4 Å². The number of thiophene rings is 1. The van der Waals surface area contributed by atoms with Gasteiger partial charge in [-0.15, -0.1) is 11.3 Å². The number of carbonyl (C=O) groups is 2. The van der Waals surface area contributed by atoms with Gasteiger partial charge in [-0.2, -0.15) is 13.2 Å². The van der Waals surface area contributed by atoms with Gasteiger partial charge >= 0.3 is 6.18 Å². The summed E-state index contributed by atoms with van der Waals surface area (Å²) in [6.45, 7) is 1.47. The number of rotatable bonds is 6. The molecule has 4 rings (SSSR count). The molecule has 1 unspecified atom stereocenters. The molecule has 2 heterocycles. The van der Waals surface area contributed by atoms with Gasteiger partial charge in [-0.05, 0) is 67.7 Å². The number of alkyl halides is 3. The zero-order valence-corrected chi connectivity index (χ0v) is 19.1. The average molecular weight is 480 g/mol. The van der Waals surface area contributed by atoms with Gasteiger partial charge in [0.2, 0.25) is 5.91 Å². The lowest BCUT2D eigenvalue weighted by atomic mass is 9.84. The molecule has 33 heavy (non-hydrogen) atoms. The number of carbonyl (C=O) groups excluding carboxylic acids is 2. The van der Waals surface area contributed by atoms with E-state index in [1.54, 1.807) is 0 Å². The van der Waals surface area contributed by atoms with Gasteiger partial charge in [-0.1, -0.05) is 12.1 Å². The first kappa shape index (κ1) is 23.8. The van der Waals surface area contributed by atoms with E-state index in [4.69, 9.17) is 0 Å². The topological polar surface area (TPSA) is 61.4 Å². The molecule has 2 aliphatic rings. The van der Waals surface area contributed by atoms with Crippen LogP contribution in [0.3, 0.4) is 0 Å². The molecule has 0 spiro atoms. The van der Waals surface area contributed by atoms with Crippen LogP contribution in [-0.2, 0) is 11.0 Å². The molecule has 2 amide bonds. The highest BCUT2D eigenvalue weighted by Crippen LogP contribution is 2.37. The van der Waals surface area contributed by atoms with Crippen LogP contribution in [0.15, 0.2) is 41.8 Å². The van der Waals surface area contributed by atoms with E-state index in [1.165, 1.54) is 29.9 Å². The van der Waals surface area contributed by atoms with Crippen molar-refractivity contribution in [3.63, 3.8) is 0 Å². The molecule has 1 aromatic carbocycles. The fraction of sp³-hybridized carbons (Fsp3) is 0.500. The summed E-state index contributed by atoms with van der Waals surface area (Å²) in [4.78, 5) is 28.4. The molecule has 1 atom stereocenters. The first-order valence-electron chi connectivity index (χ1n) is 11.3. The first-order chi connectivity index (χ1) is 15.8. The van der Waals surface area contributed by atoms with Crippen molar-refractivity contribution < 1.29 is 22.8 Å². The molecule has 2 fully saturated rings. The molecule has 178 valence electrons. The molecule has 1 aliphatic carbocycles. The lowest BCUT2D eigenvalue weighted by Crippen LogP contribution is -2.44. The number of halogens is 3. The molecular weight excluding hydrogens is 451 g/mol. The number of nitrogens with one attached hydrogen (secondary N) is 2. The molecule has 2 aromatic rings. The summed E-state index contributed by atoms with van der Waals surface area (Å²) in [5.41, 5.74) is -1.02. The zero-order chi connectivity index (χ0) is 23.4. The van der Waals surface area contributed by atoms with Crippen molar-refractivity contribution in [2.75, 3.05) is 19.6 Å². The van der Waals surface area contributed by atoms with Crippen LogP contribution >= 0.6 is 11.3 Å². The second kappa shape index (κ2) is 10.3. The Morgan fingerprint density at radius 3 is 2.55 bits per heavy atom. The third kappa shape index (κ3) is 6.14. The molecule has 1 aliphatic heterocycles. The van der Waals surface area contributed by atoms with Gasteiger partial charge in [0.15, 0.2) is 0 Å². The van der Waals surface area contributed by atoms with E-state index in [0.29, 0.717) is 12.0 Å². The largest absolute Gasteiger partial charge is 0.416 e. The number of benzene rings is 1. The lowest BCUT2D eigenvalue weighted by Gasteiger charge is -2.34. The van der Waals surface area contributed by atoms with Crippen LogP contribution in [0.2, 0.25) is 0 Å². The Morgan fingerprint density at radius 2 is 1.85 bits per heavy atom. The fourth-order valence-electron chi connectivity index (χ4n) is 4.86. The normalized spacial score (nSPS) is 23.9. The number of hydrogen-bond donors (Lipinski definition) is 2. The molecule has 5 nitrogen and oxygen atoms in total. The van der Waals surface area contributed by atoms with E-state index >= 15 is 0 Å². The fourth-order valence-corrected chi connectivity index (χ4v) is 5.76. The maximum atomic E-state index is 12.8. The molecular formula is C24H28F3N3O2S. The highest BCUT2D eigenvalue weighted by Gasteiger charge is 2.33. The Hall–Kier alpha value is -2.39. The van der Waals surface area contributed by atoms with Crippen molar-refractivity contribution in [1.29, 1.82) is 0 Å². The maximum absolute atomic E-state index is 12.8. The van der Waals surface area contributed by atoms with Crippen LogP contribution < -0.4 is 10.6 Å². The molecule has 1 saturated heterocycles. The van der Waals surface area contributed by atoms with Crippen molar-refractivity contribution in [3.8, 4) is 0 Å². The third-order valence-electron chi connectivity index (χ3n) is 6.61. The van der Waals surface area contributed by atoms with Crippen molar-refractivity contribution in [3.05, 3.63) is 57.8 Å². The second-order valence-corrected chi connectivity index (χ2v) is 9.81. The van der Waals surface area contributed by atoms with Crippen molar-refractivity contribution in [2.24, 2.45) is 0 Å². The van der Waals surface area contributed by atoms with Crippen molar-refractivity contribution in [1.82, 2.24) is 15.5 Å². The molecule has 1 saturated carbocycles. The van der Waals surface area contributed by atoms with Crippen molar-refractivity contribution in [2.45, 2.75) is 56.3 Å². The van der Waals surface area contributed by atoms with E-state index in [-0.39, 0.29) is 24.1 Å². The highest BCUT2D eigenvalue weighted by molar-refractivity contribution is 7.10. The minimum absolute atomic E-state index is 0.0259. The predicted octanol–water partition coefficient (Wildman–Crippen LogP) is 4.41. The summed E-state index contributed by atoms with van der Waals surface area (Å²) >= 11 is 1.84. The van der Waals surface area contributed by atoms with Crippen LogP contribution in [0.25, 0.3) is 0 Å². The molecule has 0 radical (unpaired) electrons. The van der Waals surface area contributed by atoms with Gasteiger partial charge in [0, 0.05) is 35.6 Å². The van der Waals surface area contributed by atoms with Crippen LogP contribution in [0, 0.1) is 0 Å². The van der Waals surface area contributed by atoms with E-state index < -0.39 is 17.6 Å². The lowest BCUT2D eigenvalue weighted by molar-refractivity contribution is -0.137. The van der Waals surface area contributed by atoms with Crippen LogP contribution in [0.4, 0.5) is 13.2 Å². The summed E-state index contributed by atoms with van der Waals surface area (Å²) in [6.07, 6.45) is 1.05. The monoisotopic (exact) mass is 479 g/mol. The van der Waals surface area contributed by atoms with Gasteiger partial charge in [-0.25, -0.2) is 0 Å². The third-order valence-corrected chi connectivity index (χ3v) is 7.64. The summed E-state index contributed by atoms with van der Waals surface area (Å²) in [6, 6.07) is 9.08. The summed E-state index contributed by atoms with van der Waals surface area (Å²) in [5.74, 6) is -0.366. The number of hydrogen-bond acceptors (Lipinski definition) is 4. The standard InChI is InChI=1S/C24H28F3N3O2S/c25-24(26,27)18-4-1-3-17(13-18)23(32)28-14-22(31)29-19-10-11-30(15-19)20-8-6-16(7-9-20)21-5-2-12-33-21/h1-5,12-13,16,19-20H,6-11,14-15H2,(H,28,32)(H,29,31). The van der Waals surface area contributed by atoms with Gasteiger partial charge in [0.1, 0.15) is 0 Å². The molecule has 2 N–H and O–H groups in total. The maximum Gasteiger partial charge on any atom is 0.416 e. The summed E-state index contributed by atoms with van der Waals surface area (Å²) in [7, 11) is 0. The second-order valence-electron chi connectivity index (χ2n) is 8.83.